The van der Waals surface area contributed by atoms with Crippen molar-refractivity contribution in [2.75, 3.05) is 33.2 Å². The number of hydrogen-bond acceptors (Lipinski definition) is 4. The normalized spacial score (nSPS) is 30.5. The lowest BCUT2D eigenvalue weighted by atomic mass is 9.81. The molecule has 3 rings (SSSR count). The maximum atomic E-state index is 12.3. The fraction of sp³-hybridized carbons (Fsp3) is 0.625. The molecular formula is C16H23BrN4O. The van der Waals surface area contributed by atoms with Gasteiger partial charge in [-0.25, -0.2) is 0 Å². The van der Waals surface area contributed by atoms with Crippen molar-refractivity contribution in [1.29, 1.82) is 0 Å². The molecule has 2 N–H and O–H groups in total. The number of nitrogens with two attached hydrogens (primary N) is 1. The summed E-state index contributed by atoms with van der Waals surface area (Å²) in [6.45, 7) is 4.33. The van der Waals surface area contributed by atoms with E-state index >= 15 is 0 Å². The largest absolute Gasteiger partial charge is 0.369 e. The lowest BCUT2D eigenvalue weighted by molar-refractivity contribution is -0.123. The summed E-state index contributed by atoms with van der Waals surface area (Å²) >= 11 is 3.47. The van der Waals surface area contributed by atoms with Crippen molar-refractivity contribution in [3.63, 3.8) is 0 Å². The third-order valence-corrected chi connectivity index (χ3v) is 5.72. The number of hydrogen-bond donors (Lipinski definition) is 1. The molecule has 1 aromatic heterocycles. The molecule has 1 amide bonds. The number of nitrogens with zero attached hydrogens (tertiary/aromatic N) is 3. The Kier molecular flexibility index (Phi) is 4.52. The van der Waals surface area contributed by atoms with Gasteiger partial charge in [0.05, 0.1) is 11.1 Å². The summed E-state index contributed by atoms with van der Waals surface area (Å²) in [5.74, 6) is -0.241. The van der Waals surface area contributed by atoms with Crippen LogP contribution in [-0.4, -0.2) is 60.0 Å². The first kappa shape index (κ1) is 15.9. The van der Waals surface area contributed by atoms with Crippen LogP contribution in [0.5, 0.6) is 0 Å². The quantitative estimate of drug-likeness (QED) is 0.877. The number of carbonyl (C=O) groups excluding carboxylic acids is 1. The molecule has 2 atom stereocenters. The third-order valence-electron chi connectivity index (χ3n) is 5.23. The number of aromatic nitrogens is 1. The van der Waals surface area contributed by atoms with Crippen molar-refractivity contribution >= 4 is 21.8 Å². The molecule has 2 aliphatic rings. The molecule has 0 radical (unpaired) electrons. The van der Waals surface area contributed by atoms with Crippen LogP contribution in [-0.2, 0) is 10.2 Å². The Morgan fingerprint density at radius 1 is 1.41 bits per heavy atom. The van der Waals surface area contributed by atoms with Crippen molar-refractivity contribution in [2.45, 2.75) is 30.7 Å². The van der Waals surface area contributed by atoms with Crippen LogP contribution in [0, 0.1) is 0 Å². The number of halogens is 1. The molecule has 2 unspecified atom stereocenters. The van der Waals surface area contributed by atoms with E-state index in [1.54, 1.807) is 6.20 Å². The first-order valence-electron chi connectivity index (χ1n) is 7.86. The molecule has 120 valence electrons. The molecule has 0 bridgehead atoms. The van der Waals surface area contributed by atoms with Gasteiger partial charge in [0.15, 0.2) is 0 Å². The number of piperazine rings is 1. The van der Waals surface area contributed by atoms with E-state index in [2.05, 4.69) is 37.8 Å². The first-order chi connectivity index (χ1) is 10.5. The molecule has 2 heterocycles. The van der Waals surface area contributed by atoms with Crippen molar-refractivity contribution in [3.05, 3.63) is 28.5 Å². The Morgan fingerprint density at radius 2 is 2.14 bits per heavy atom. The van der Waals surface area contributed by atoms with Crippen LogP contribution in [0.2, 0.25) is 0 Å². The van der Waals surface area contributed by atoms with Crippen LogP contribution in [0.15, 0.2) is 22.8 Å². The Morgan fingerprint density at radius 3 is 2.77 bits per heavy atom. The lowest BCUT2D eigenvalue weighted by Gasteiger charge is -2.37. The van der Waals surface area contributed by atoms with E-state index in [0.717, 1.165) is 55.6 Å². The van der Waals surface area contributed by atoms with Gasteiger partial charge in [-0.2, -0.15) is 0 Å². The van der Waals surface area contributed by atoms with Crippen molar-refractivity contribution in [3.8, 4) is 0 Å². The van der Waals surface area contributed by atoms with E-state index < -0.39 is 5.41 Å². The van der Waals surface area contributed by atoms with Gasteiger partial charge in [-0.05, 0) is 38.4 Å². The highest BCUT2D eigenvalue weighted by atomic mass is 79.9. The van der Waals surface area contributed by atoms with Gasteiger partial charge in [0.1, 0.15) is 0 Å². The average Bonchev–Trinajstić information content (AvgIpc) is 2.94. The van der Waals surface area contributed by atoms with Gasteiger partial charge < -0.3 is 10.6 Å². The molecule has 1 aromatic rings. The number of primary amides is 1. The molecule has 22 heavy (non-hydrogen) atoms. The van der Waals surface area contributed by atoms with Crippen LogP contribution in [0.25, 0.3) is 0 Å². The minimum absolute atomic E-state index is 0.241. The van der Waals surface area contributed by atoms with Gasteiger partial charge in [0, 0.05) is 42.9 Å². The van der Waals surface area contributed by atoms with E-state index in [-0.39, 0.29) is 5.91 Å². The van der Waals surface area contributed by atoms with Crippen molar-refractivity contribution < 1.29 is 4.79 Å². The predicted octanol–water partition coefficient (Wildman–Crippen LogP) is 1.37. The summed E-state index contributed by atoms with van der Waals surface area (Å²) in [6.07, 6.45) is 4.34. The number of likely N-dealkylation sites (N-methyl/N-ethyl adjacent to an activating group) is 1. The molecule has 1 saturated carbocycles. The van der Waals surface area contributed by atoms with Crippen LogP contribution in [0.1, 0.15) is 25.0 Å². The second-order valence-corrected chi connectivity index (χ2v) is 7.46. The molecule has 1 aliphatic carbocycles. The monoisotopic (exact) mass is 366 g/mol. The molecule has 0 spiro atoms. The molecule has 1 aliphatic heterocycles. The average molecular weight is 367 g/mol. The smallest absolute Gasteiger partial charge is 0.229 e. The molecule has 0 aromatic carbocycles. The topological polar surface area (TPSA) is 62.5 Å². The Bertz CT molecular complexity index is 559. The second-order valence-electron chi connectivity index (χ2n) is 6.54. The molecule has 1 saturated heterocycles. The highest BCUT2D eigenvalue weighted by molar-refractivity contribution is 9.10. The minimum Gasteiger partial charge on any atom is -0.369 e. The van der Waals surface area contributed by atoms with E-state index in [1.165, 1.54) is 0 Å². The lowest BCUT2D eigenvalue weighted by Crippen LogP contribution is -2.49. The third kappa shape index (κ3) is 2.92. The number of amides is 1. The van der Waals surface area contributed by atoms with Crippen molar-refractivity contribution in [2.24, 2.45) is 5.73 Å². The maximum Gasteiger partial charge on any atom is 0.229 e. The van der Waals surface area contributed by atoms with E-state index in [9.17, 15) is 4.79 Å². The van der Waals surface area contributed by atoms with E-state index in [4.69, 9.17) is 5.73 Å². The summed E-state index contributed by atoms with van der Waals surface area (Å²) in [5.41, 5.74) is 6.01. The zero-order chi connectivity index (χ0) is 15.7. The fourth-order valence-electron chi connectivity index (χ4n) is 3.77. The molecule has 5 nitrogen and oxygen atoms in total. The van der Waals surface area contributed by atoms with Crippen LogP contribution in [0.4, 0.5) is 0 Å². The summed E-state index contributed by atoms with van der Waals surface area (Å²) in [6, 6.07) is 4.25. The predicted molar refractivity (Wildman–Crippen MR) is 89.5 cm³/mol. The van der Waals surface area contributed by atoms with Crippen LogP contribution >= 0.6 is 15.9 Å². The highest BCUT2D eigenvalue weighted by Gasteiger charge is 2.48. The maximum absolute atomic E-state index is 12.3. The first-order valence-corrected chi connectivity index (χ1v) is 8.65. The zero-order valence-electron chi connectivity index (χ0n) is 13.0. The van der Waals surface area contributed by atoms with Gasteiger partial charge in [-0.15, -0.1) is 0 Å². The summed E-state index contributed by atoms with van der Waals surface area (Å²) in [4.78, 5) is 21.6. The number of rotatable bonds is 3. The number of pyridine rings is 1. The van der Waals surface area contributed by atoms with Gasteiger partial charge in [0.25, 0.3) is 0 Å². The van der Waals surface area contributed by atoms with Gasteiger partial charge in [0.2, 0.25) is 5.91 Å². The summed E-state index contributed by atoms with van der Waals surface area (Å²) in [7, 11) is 2.16. The number of carbonyl (C=O) groups is 1. The SMILES string of the molecule is CN1CCN(C2CCC(C(N)=O)(c3cc(Br)ccn3)C2)CC1. The highest BCUT2D eigenvalue weighted by Crippen LogP contribution is 2.42. The van der Waals surface area contributed by atoms with Crippen LogP contribution < -0.4 is 5.73 Å². The van der Waals surface area contributed by atoms with Crippen molar-refractivity contribution in [1.82, 2.24) is 14.8 Å². The van der Waals surface area contributed by atoms with Gasteiger partial charge in [-0.3, -0.25) is 14.7 Å². The van der Waals surface area contributed by atoms with E-state index in [0.29, 0.717) is 6.04 Å². The van der Waals surface area contributed by atoms with Gasteiger partial charge in [-0.1, -0.05) is 15.9 Å². The Hall–Kier alpha value is -0.980. The molecule has 6 heteroatoms. The Labute approximate surface area is 140 Å². The van der Waals surface area contributed by atoms with Gasteiger partial charge >= 0.3 is 0 Å². The summed E-state index contributed by atoms with van der Waals surface area (Å²) < 4.78 is 0.946. The van der Waals surface area contributed by atoms with Crippen LogP contribution in [0.3, 0.4) is 0 Å². The minimum atomic E-state index is -0.613. The van der Waals surface area contributed by atoms with E-state index in [1.807, 2.05) is 12.1 Å². The fourth-order valence-corrected chi connectivity index (χ4v) is 4.10. The molecule has 2 fully saturated rings. The zero-order valence-corrected chi connectivity index (χ0v) is 14.6. The Balaban J connectivity index is 1.81. The summed E-state index contributed by atoms with van der Waals surface area (Å²) in [5, 5.41) is 0. The second kappa shape index (κ2) is 6.26. The standard InChI is InChI=1S/C16H23BrN4O/c1-20-6-8-21(9-7-20)13-2-4-16(11-13,15(18)22)14-10-12(17)3-5-19-14/h3,5,10,13H,2,4,6-9,11H2,1H3,(H2,18,22). The molecular weight excluding hydrogens is 344 g/mol.